The Labute approximate surface area is 144 Å². The van der Waals surface area contributed by atoms with Gasteiger partial charge in [0.25, 0.3) is 5.91 Å². The third kappa shape index (κ3) is 3.41. The van der Waals surface area contributed by atoms with E-state index in [2.05, 4.69) is 5.10 Å². The van der Waals surface area contributed by atoms with Gasteiger partial charge >= 0.3 is 6.18 Å². The van der Waals surface area contributed by atoms with Crippen LogP contribution in [0.1, 0.15) is 45.7 Å². The Bertz CT molecular complexity index is 793. The zero-order valence-corrected chi connectivity index (χ0v) is 14.2. The molecule has 0 unspecified atom stereocenters. The molecule has 1 aliphatic rings. The molecule has 0 spiro atoms. The van der Waals surface area contributed by atoms with Gasteiger partial charge in [-0.3, -0.25) is 9.48 Å². The van der Waals surface area contributed by atoms with Gasteiger partial charge in [-0.15, -0.1) is 0 Å². The van der Waals surface area contributed by atoms with Crippen molar-refractivity contribution in [2.24, 2.45) is 0 Å². The van der Waals surface area contributed by atoms with Crippen molar-refractivity contribution in [3.8, 4) is 0 Å². The summed E-state index contributed by atoms with van der Waals surface area (Å²) in [7, 11) is 3.30. The monoisotopic (exact) mass is 351 g/mol. The van der Waals surface area contributed by atoms with Gasteiger partial charge in [0.05, 0.1) is 6.54 Å². The van der Waals surface area contributed by atoms with Gasteiger partial charge in [-0.2, -0.15) is 18.3 Å². The maximum Gasteiger partial charge on any atom is 0.435 e. The number of carbonyl (C=O) groups excluding carboxylic acids is 1. The maximum atomic E-state index is 13.3. The van der Waals surface area contributed by atoms with Crippen molar-refractivity contribution in [3.05, 3.63) is 52.3 Å². The van der Waals surface area contributed by atoms with E-state index in [1.165, 1.54) is 9.58 Å². The number of carbonyl (C=O) groups is 1. The normalized spacial score (nSPS) is 14.3. The van der Waals surface area contributed by atoms with Gasteiger partial charge in [0.2, 0.25) is 0 Å². The van der Waals surface area contributed by atoms with Gasteiger partial charge in [0, 0.05) is 30.9 Å². The van der Waals surface area contributed by atoms with Crippen LogP contribution in [0.15, 0.2) is 24.3 Å². The lowest BCUT2D eigenvalue weighted by molar-refractivity contribution is -0.142. The van der Waals surface area contributed by atoms with E-state index in [1.54, 1.807) is 38.4 Å². The topological polar surface area (TPSA) is 38.1 Å². The Morgan fingerprint density at radius 1 is 1.20 bits per heavy atom. The summed E-state index contributed by atoms with van der Waals surface area (Å²) in [5.74, 6) is -0.173. The third-order valence-electron chi connectivity index (χ3n) is 4.50. The number of benzene rings is 1. The van der Waals surface area contributed by atoms with Crippen LogP contribution in [0.5, 0.6) is 0 Å². The fourth-order valence-electron chi connectivity index (χ4n) is 3.30. The number of aromatic nitrogens is 2. The Hall–Kier alpha value is -2.31. The highest BCUT2D eigenvalue weighted by atomic mass is 19.4. The molecule has 0 fully saturated rings. The summed E-state index contributed by atoms with van der Waals surface area (Å²) in [6.07, 6.45) is -1.86. The molecule has 0 saturated carbocycles. The number of hydrogen-bond donors (Lipinski definition) is 0. The molecule has 134 valence electrons. The van der Waals surface area contributed by atoms with Gasteiger partial charge in [0.1, 0.15) is 0 Å². The minimum absolute atomic E-state index is 0.161. The summed E-state index contributed by atoms with van der Waals surface area (Å²) in [4.78, 5) is 13.8. The smallest absolute Gasteiger partial charge is 0.345 e. The van der Waals surface area contributed by atoms with Crippen molar-refractivity contribution in [1.29, 1.82) is 0 Å². The first-order valence-electron chi connectivity index (χ1n) is 8.24. The molecule has 1 amide bonds. The van der Waals surface area contributed by atoms with Crippen molar-refractivity contribution in [2.75, 3.05) is 14.1 Å². The van der Waals surface area contributed by atoms with Crippen LogP contribution in [-0.2, 0) is 25.6 Å². The molecule has 3 rings (SSSR count). The molecule has 25 heavy (non-hydrogen) atoms. The highest BCUT2D eigenvalue weighted by molar-refractivity contribution is 5.95. The molecular formula is C18H20F3N3O. The predicted molar refractivity (Wildman–Crippen MR) is 87.4 cm³/mol. The first kappa shape index (κ1) is 17.5. The van der Waals surface area contributed by atoms with Crippen LogP contribution in [0.25, 0.3) is 0 Å². The number of fused-ring (bicyclic) bond motifs is 1. The van der Waals surface area contributed by atoms with Crippen LogP contribution < -0.4 is 0 Å². The van der Waals surface area contributed by atoms with Crippen molar-refractivity contribution in [3.63, 3.8) is 0 Å². The molecule has 1 heterocycles. The summed E-state index contributed by atoms with van der Waals surface area (Å²) >= 11 is 0. The molecule has 1 aromatic carbocycles. The second-order valence-electron chi connectivity index (χ2n) is 6.49. The van der Waals surface area contributed by atoms with E-state index < -0.39 is 11.9 Å². The molecule has 0 N–H and O–H groups in total. The summed E-state index contributed by atoms with van der Waals surface area (Å²) in [5, 5.41) is 3.87. The van der Waals surface area contributed by atoms with Gasteiger partial charge in [0.15, 0.2) is 5.69 Å². The molecule has 0 saturated heterocycles. The average molecular weight is 351 g/mol. The van der Waals surface area contributed by atoms with Crippen LogP contribution >= 0.6 is 0 Å². The van der Waals surface area contributed by atoms with Gasteiger partial charge in [-0.1, -0.05) is 18.2 Å². The number of halogens is 3. The number of hydrogen-bond acceptors (Lipinski definition) is 2. The van der Waals surface area contributed by atoms with Crippen LogP contribution in [0, 0.1) is 0 Å². The summed E-state index contributed by atoms with van der Waals surface area (Å²) in [6, 6.07) is 6.99. The molecule has 0 aliphatic heterocycles. The van der Waals surface area contributed by atoms with E-state index in [0.29, 0.717) is 35.2 Å². The van der Waals surface area contributed by atoms with Gasteiger partial charge < -0.3 is 4.90 Å². The van der Waals surface area contributed by atoms with Gasteiger partial charge in [-0.25, -0.2) is 0 Å². The van der Waals surface area contributed by atoms with E-state index in [0.717, 1.165) is 12.8 Å². The number of nitrogens with zero attached hydrogens (tertiary/aromatic N) is 3. The molecule has 0 radical (unpaired) electrons. The van der Waals surface area contributed by atoms with Crippen molar-refractivity contribution >= 4 is 5.91 Å². The predicted octanol–water partition coefficient (Wildman–Crippen LogP) is 3.53. The molecule has 2 aromatic rings. The van der Waals surface area contributed by atoms with E-state index in [9.17, 15) is 18.0 Å². The Morgan fingerprint density at radius 3 is 2.56 bits per heavy atom. The minimum atomic E-state index is -4.45. The second kappa shape index (κ2) is 6.54. The number of rotatable bonds is 3. The molecular weight excluding hydrogens is 331 g/mol. The molecule has 1 aromatic heterocycles. The summed E-state index contributed by atoms with van der Waals surface area (Å²) in [5.41, 5.74) is 1.34. The Kier molecular flexibility index (Phi) is 4.58. The zero-order chi connectivity index (χ0) is 18.2. The van der Waals surface area contributed by atoms with Crippen molar-refractivity contribution in [2.45, 2.75) is 38.4 Å². The van der Waals surface area contributed by atoms with Crippen LogP contribution in [0.3, 0.4) is 0 Å². The van der Waals surface area contributed by atoms with E-state index in [-0.39, 0.29) is 12.5 Å². The zero-order valence-electron chi connectivity index (χ0n) is 14.2. The highest BCUT2D eigenvalue weighted by Crippen LogP contribution is 2.36. The van der Waals surface area contributed by atoms with E-state index in [4.69, 9.17) is 0 Å². The Morgan fingerprint density at radius 2 is 1.88 bits per heavy atom. The third-order valence-corrected chi connectivity index (χ3v) is 4.50. The lowest BCUT2D eigenvalue weighted by Gasteiger charge is -2.17. The van der Waals surface area contributed by atoms with Crippen LogP contribution in [-0.4, -0.2) is 34.7 Å². The lowest BCUT2D eigenvalue weighted by Crippen LogP contribution is -2.23. The molecule has 4 nitrogen and oxygen atoms in total. The molecule has 7 heteroatoms. The number of alkyl halides is 3. The molecule has 0 atom stereocenters. The van der Waals surface area contributed by atoms with Crippen molar-refractivity contribution in [1.82, 2.24) is 14.7 Å². The quantitative estimate of drug-likeness (QED) is 0.848. The standard InChI is InChI=1S/C18H20F3N3O/c1-23(2)17(25)13-8-4-3-7-12(13)11-24-15-10-6-5-9-14(15)16(22-24)18(19,20)21/h3-4,7-8H,5-6,9-11H2,1-2H3. The highest BCUT2D eigenvalue weighted by Gasteiger charge is 2.39. The fraction of sp³-hybridized carbons (Fsp3) is 0.444. The van der Waals surface area contributed by atoms with E-state index in [1.807, 2.05) is 0 Å². The van der Waals surface area contributed by atoms with E-state index >= 15 is 0 Å². The summed E-state index contributed by atoms with van der Waals surface area (Å²) < 4.78 is 41.3. The largest absolute Gasteiger partial charge is 0.435 e. The maximum absolute atomic E-state index is 13.3. The van der Waals surface area contributed by atoms with Crippen molar-refractivity contribution < 1.29 is 18.0 Å². The summed E-state index contributed by atoms with van der Waals surface area (Å²) in [6.45, 7) is 0.161. The van der Waals surface area contributed by atoms with Gasteiger partial charge in [-0.05, 0) is 37.3 Å². The Balaban J connectivity index is 2.03. The lowest BCUT2D eigenvalue weighted by atomic mass is 9.95. The fourth-order valence-corrected chi connectivity index (χ4v) is 3.30. The first-order valence-corrected chi connectivity index (χ1v) is 8.24. The number of amides is 1. The second-order valence-corrected chi connectivity index (χ2v) is 6.49. The van der Waals surface area contributed by atoms with Crippen LogP contribution in [0.4, 0.5) is 13.2 Å². The molecule has 1 aliphatic carbocycles. The first-order chi connectivity index (χ1) is 11.8. The molecule has 0 bridgehead atoms. The SMILES string of the molecule is CN(C)C(=O)c1ccccc1Cn1nc(C(F)(F)F)c2c1CCCC2. The van der Waals surface area contributed by atoms with Crippen LogP contribution in [0.2, 0.25) is 0 Å². The minimum Gasteiger partial charge on any atom is -0.345 e. The average Bonchev–Trinajstić information content (AvgIpc) is 2.94.